The van der Waals surface area contributed by atoms with Crippen LogP contribution in [0.1, 0.15) is 25.8 Å². The van der Waals surface area contributed by atoms with Gasteiger partial charge in [-0.25, -0.2) is 4.98 Å². The lowest BCUT2D eigenvalue weighted by Crippen LogP contribution is -2.24. The van der Waals surface area contributed by atoms with Crippen LogP contribution in [0.5, 0.6) is 0 Å². The molecule has 0 radical (unpaired) electrons. The molecular formula is C12H17Cl2NO2. The van der Waals surface area contributed by atoms with Crippen LogP contribution in [0.2, 0.25) is 10.3 Å². The molecule has 0 spiro atoms. The maximum absolute atomic E-state index is 5.93. The molecule has 0 amide bonds. The molecule has 1 aromatic heterocycles. The van der Waals surface area contributed by atoms with Crippen LogP contribution in [0.15, 0.2) is 12.1 Å². The predicted molar refractivity (Wildman–Crippen MR) is 69.6 cm³/mol. The van der Waals surface area contributed by atoms with Crippen molar-refractivity contribution in [1.82, 2.24) is 4.98 Å². The number of pyridine rings is 1. The first-order chi connectivity index (χ1) is 7.94. The summed E-state index contributed by atoms with van der Waals surface area (Å²) in [7, 11) is 1.69. The molecule has 1 rings (SSSR count). The third-order valence-corrected chi connectivity index (χ3v) is 3.09. The number of rotatable bonds is 6. The van der Waals surface area contributed by atoms with E-state index < -0.39 is 0 Å². The standard InChI is InChI=1S/C12H17Cl2NO2/c1-12(2,16-3)6-7-17-8-9-4-5-10(13)15-11(9)14/h4-5H,6-8H2,1-3H3. The normalized spacial score (nSPS) is 11.8. The van der Waals surface area contributed by atoms with Gasteiger partial charge in [0.25, 0.3) is 0 Å². The predicted octanol–water partition coefficient (Wildman–Crippen LogP) is 3.72. The van der Waals surface area contributed by atoms with Crippen LogP contribution in [0, 0.1) is 0 Å². The Hall–Kier alpha value is -0.350. The van der Waals surface area contributed by atoms with Gasteiger partial charge in [0.05, 0.1) is 12.2 Å². The van der Waals surface area contributed by atoms with E-state index in [1.165, 1.54) is 0 Å². The molecule has 0 bridgehead atoms. The lowest BCUT2D eigenvalue weighted by atomic mass is 10.1. The van der Waals surface area contributed by atoms with Crippen molar-refractivity contribution in [3.63, 3.8) is 0 Å². The van der Waals surface area contributed by atoms with Gasteiger partial charge in [-0.2, -0.15) is 0 Å². The van der Waals surface area contributed by atoms with E-state index in [9.17, 15) is 0 Å². The zero-order chi connectivity index (χ0) is 12.9. The number of hydrogen-bond acceptors (Lipinski definition) is 3. The van der Waals surface area contributed by atoms with Crippen LogP contribution in [0.3, 0.4) is 0 Å². The van der Waals surface area contributed by atoms with Crippen LogP contribution in [-0.2, 0) is 16.1 Å². The number of aromatic nitrogens is 1. The molecule has 0 aliphatic carbocycles. The van der Waals surface area contributed by atoms with E-state index in [4.69, 9.17) is 32.7 Å². The smallest absolute Gasteiger partial charge is 0.136 e. The summed E-state index contributed by atoms with van der Waals surface area (Å²) in [4.78, 5) is 3.94. The fourth-order valence-electron chi connectivity index (χ4n) is 1.15. The summed E-state index contributed by atoms with van der Waals surface area (Å²) in [6, 6.07) is 3.52. The van der Waals surface area contributed by atoms with Crippen LogP contribution >= 0.6 is 23.2 Å². The first-order valence-electron chi connectivity index (χ1n) is 5.38. The highest BCUT2D eigenvalue weighted by atomic mass is 35.5. The molecule has 96 valence electrons. The second-order valence-corrected chi connectivity index (χ2v) is 5.10. The topological polar surface area (TPSA) is 31.4 Å². The summed E-state index contributed by atoms with van der Waals surface area (Å²) in [5, 5.41) is 0.780. The van der Waals surface area contributed by atoms with E-state index in [-0.39, 0.29) is 5.60 Å². The number of halogens is 2. The second-order valence-electron chi connectivity index (χ2n) is 4.35. The summed E-state index contributed by atoms with van der Waals surface area (Å²) in [5.74, 6) is 0. The average molecular weight is 278 g/mol. The zero-order valence-corrected chi connectivity index (χ0v) is 11.8. The van der Waals surface area contributed by atoms with Gasteiger partial charge in [-0.3, -0.25) is 0 Å². The Labute approximate surface area is 112 Å². The van der Waals surface area contributed by atoms with Crippen molar-refractivity contribution in [3.8, 4) is 0 Å². The molecule has 0 aliphatic rings. The second kappa shape index (κ2) is 6.55. The molecule has 0 aromatic carbocycles. The van der Waals surface area contributed by atoms with Gasteiger partial charge in [-0.15, -0.1) is 0 Å². The summed E-state index contributed by atoms with van der Waals surface area (Å²) < 4.78 is 10.8. The molecule has 1 aromatic rings. The molecule has 0 aliphatic heterocycles. The molecule has 0 atom stereocenters. The lowest BCUT2D eigenvalue weighted by Gasteiger charge is -2.22. The molecule has 0 N–H and O–H groups in total. The molecule has 0 saturated carbocycles. The van der Waals surface area contributed by atoms with Gasteiger partial charge < -0.3 is 9.47 Å². The SMILES string of the molecule is COC(C)(C)CCOCc1ccc(Cl)nc1Cl. The number of hydrogen-bond donors (Lipinski definition) is 0. The maximum Gasteiger partial charge on any atom is 0.136 e. The Morgan fingerprint density at radius 2 is 2.00 bits per heavy atom. The van der Waals surface area contributed by atoms with Crippen molar-refractivity contribution in [2.75, 3.05) is 13.7 Å². The van der Waals surface area contributed by atoms with Crippen molar-refractivity contribution in [2.45, 2.75) is 32.5 Å². The van der Waals surface area contributed by atoms with Gasteiger partial charge in [0.15, 0.2) is 0 Å². The van der Waals surface area contributed by atoms with Crippen LogP contribution in [0.4, 0.5) is 0 Å². The Kier molecular flexibility index (Phi) is 5.67. The Bertz CT molecular complexity index is 370. The van der Waals surface area contributed by atoms with Gasteiger partial charge in [0.2, 0.25) is 0 Å². The van der Waals surface area contributed by atoms with E-state index in [1.807, 2.05) is 19.9 Å². The minimum atomic E-state index is -0.165. The highest BCUT2D eigenvalue weighted by Gasteiger charge is 2.15. The van der Waals surface area contributed by atoms with Gasteiger partial charge in [0, 0.05) is 19.3 Å². The Morgan fingerprint density at radius 3 is 2.59 bits per heavy atom. The highest BCUT2D eigenvalue weighted by Crippen LogP contribution is 2.18. The fraction of sp³-hybridized carbons (Fsp3) is 0.583. The van der Waals surface area contributed by atoms with Crippen LogP contribution in [-0.4, -0.2) is 24.3 Å². The molecular weight excluding hydrogens is 261 g/mol. The third-order valence-electron chi connectivity index (χ3n) is 2.55. The van der Waals surface area contributed by atoms with Crippen molar-refractivity contribution >= 4 is 23.2 Å². The lowest BCUT2D eigenvalue weighted by molar-refractivity contribution is -0.0124. The van der Waals surface area contributed by atoms with E-state index in [1.54, 1.807) is 13.2 Å². The summed E-state index contributed by atoms with van der Waals surface area (Å²) >= 11 is 11.6. The third kappa shape index (κ3) is 5.21. The molecule has 1 heterocycles. The molecule has 0 fully saturated rings. The molecule has 0 unspecified atom stereocenters. The summed E-state index contributed by atoms with van der Waals surface area (Å²) in [6.45, 7) is 5.09. The maximum atomic E-state index is 5.93. The highest BCUT2D eigenvalue weighted by molar-refractivity contribution is 6.32. The van der Waals surface area contributed by atoms with Gasteiger partial charge in [0.1, 0.15) is 10.3 Å². The van der Waals surface area contributed by atoms with Crippen LogP contribution < -0.4 is 0 Å². The van der Waals surface area contributed by atoms with E-state index in [0.717, 1.165) is 12.0 Å². The van der Waals surface area contributed by atoms with Gasteiger partial charge >= 0.3 is 0 Å². The quantitative estimate of drug-likeness (QED) is 0.587. The number of methoxy groups -OCH3 is 1. The van der Waals surface area contributed by atoms with Crippen molar-refractivity contribution < 1.29 is 9.47 Å². The summed E-state index contributed by atoms with van der Waals surface area (Å²) in [6.07, 6.45) is 0.822. The fourth-order valence-corrected chi connectivity index (χ4v) is 1.55. The van der Waals surface area contributed by atoms with Crippen LogP contribution in [0.25, 0.3) is 0 Å². The van der Waals surface area contributed by atoms with E-state index >= 15 is 0 Å². The first-order valence-corrected chi connectivity index (χ1v) is 6.14. The van der Waals surface area contributed by atoms with E-state index in [0.29, 0.717) is 23.5 Å². The largest absolute Gasteiger partial charge is 0.379 e. The Morgan fingerprint density at radius 1 is 1.29 bits per heavy atom. The van der Waals surface area contributed by atoms with Gasteiger partial charge in [-0.05, 0) is 26.3 Å². The Balaban J connectivity index is 2.36. The van der Waals surface area contributed by atoms with Gasteiger partial charge in [-0.1, -0.05) is 29.3 Å². The number of ether oxygens (including phenoxy) is 2. The molecule has 17 heavy (non-hydrogen) atoms. The summed E-state index contributed by atoms with van der Waals surface area (Å²) in [5.41, 5.74) is 0.675. The molecule has 0 saturated heterocycles. The van der Waals surface area contributed by atoms with Crippen molar-refractivity contribution in [1.29, 1.82) is 0 Å². The minimum Gasteiger partial charge on any atom is -0.379 e. The van der Waals surface area contributed by atoms with Crippen molar-refractivity contribution in [3.05, 3.63) is 28.0 Å². The monoisotopic (exact) mass is 277 g/mol. The number of nitrogens with zero attached hydrogens (tertiary/aromatic N) is 1. The zero-order valence-electron chi connectivity index (χ0n) is 10.3. The van der Waals surface area contributed by atoms with Crippen molar-refractivity contribution in [2.24, 2.45) is 0 Å². The molecule has 3 nitrogen and oxygen atoms in total. The molecule has 5 heteroatoms. The van der Waals surface area contributed by atoms with E-state index in [2.05, 4.69) is 4.98 Å². The minimum absolute atomic E-state index is 0.165. The average Bonchev–Trinajstić information content (AvgIpc) is 2.27. The first kappa shape index (κ1) is 14.7.